The Morgan fingerprint density at radius 2 is 0.968 bits per heavy atom. The van der Waals surface area contributed by atoms with Crippen molar-refractivity contribution >= 4 is 21.5 Å². The zero-order chi connectivity index (χ0) is 21.4. The average Bonchev–Trinajstić information content (AvgIpc) is 2.73. The van der Waals surface area contributed by atoms with Gasteiger partial charge < -0.3 is 19.7 Å². The second-order valence-corrected chi connectivity index (χ2v) is 7.41. The molecule has 5 rings (SSSR count). The number of aromatic hydroxyl groups is 2. The number of hydrogen-bond acceptors (Lipinski definition) is 5. The number of fused-ring (bicyclic) bond motifs is 2. The summed E-state index contributed by atoms with van der Waals surface area (Å²) in [6.45, 7) is 1.95. The highest BCUT2D eigenvalue weighted by Gasteiger charge is 2.07. The molecule has 0 radical (unpaired) electrons. The molecule has 1 aromatic heterocycles. The molecule has 1 heterocycles. The first kappa shape index (κ1) is 18.8. The van der Waals surface area contributed by atoms with Crippen LogP contribution in [-0.4, -0.2) is 15.2 Å². The Morgan fingerprint density at radius 1 is 0.548 bits per heavy atom. The lowest BCUT2D eigenvalue weighted by Crippen LogP contribution is -1.93. The van der Waals surface area contributed by atoms with Crippen LogP contribution in [0, 0.1) is 6.92 Å². The molecule has 0 amide bonds. The zero-order valence-electron chi connectivity index (χ0n) is 16.7. The van der Waals surface area contributed by atoms with E-state index in [9.17, 15) is 10.2 Å². The predicted octanol–water partition coefficient (Wildman–Crippen LogP) is 6.69. The summed E-state index contributed by atoms with van der Waals surface area (Å²) < 4.78 is 12.0. The van der Waals surface area contributed by atoms with Crippen molar-refractivity contribution in [1.82, 2.24) is 4.98 Å². The molecule has 0 bridgehead atoms. The van der Waals surface area contributed by atoms with Gasteiger partial charge in [0.05, 0.1) is 0 Å². The van der Waals surface area contributed by atoms with Crippen LogP contribution < -0.4 is 9.47 Å². The lowest BCUT2D eigenvalue weighted by molar-refractivity contribution is 0.426. The number of pyridine rings is 1. The molecule has 31 heavy (non-hydrogen) atoms. The summed E-state index contributed by atoms with van der Waals surface area (Å²) in [5, 5.41) is 23.0. The van der Waals surface area contributed by atoms with E-state index in [1.807, 2.05) is 67.6 Å². The van der Waals surface area contributed by atoms with Crippen LogP contribution in [0.1, 0.15) is 5.56 Å². The van der Waals surface area contributed by atoms with Gasteiger partial charge in [0.2, 0.25) is 11.8 Å². The lowest BCUT2D eigenvalue weighted by Gasteiger charge is -2.11. The fourth-order valence-electron chi connectivity index (χ4n) is 3.50. The van der Waals surface area contributed by atoms with Crippen molar-refractivity contribution in [3.05, 3.63) is 90.5 Å². The van der Waals surface area contributed by atoms with E-state index in [1.165, 1.54) is 0 Å². The number of rotatable bonds is 4. The zero-order valence-corrected chi connectivity index (χ0v) is 16.7. The number of aryl methyl sites for hydroxylation is 1. The topological polar surface area (TPSA) is 71.8 Å². The molecule has 5 nitrogen and oxygen atoms in total. The van der Waals surface area contributed by atoms with Crippen LogP contribution in [0.15, 0.2) is 84.9 Å². The predicted molar refractivity (Wildman–Crippen MR) is 120 cm³/mol. The van der Waals surface area contributed by atoms with Gasteiger partial charge in [-0.15, -0.1) is 0 Å². The van der Waals surface area contributed by atoms with Crippen LogP contribution in [0.5, 0.6) is 34.8 Å². The minimum absolute atomic E-state index is 0.230. The maximum absolute atomic E-state index is 9.62. The van der Waals surface area contributed by atoms with Crippen molar-refractivity contribution in [1.29, 1.82) is 0 Å². The molecule has 2 N–H and O–H groups in total. The monoisotopic (exact) mass is 409 g/mol. The first-order valence-electron chi connectivity index (χ1n) is 9.82. The number of nitrogens with zero attached hydrogens (tertiary/aromatic N) is 1. The van der Waals surface area contributed by atoms with Crippen LogP contribution in [0.2, 0.25) is 0 Å². The largest absolute Gasteiger partial charge is 0.508 e. The maximum atomic E-state index is 9.62. The fourth-order valence-corrected chi connectivity index (χ4v) is 3.50. The van der Waals surface area contributed by atoms with Crippen molar-refractivity contribution in [2.24, 2.45) is 0 Å². The Kier molecular flexibility index (Phi) is 4.56. The first-order valence-corrected chi connectivity index (χ1v) is 9.82. The Bertz CT molecular complexity index is 1320. The van der Waals surface area contributed by atoms with Gasteiger partial charge in [-0.1, -0.05) is 24.3 Å². The Balaban J connectivity index is 1.41. The highest BCUT2D eigenvalue weighted by molar-refractivity contribution is 5.86. The van der Waals surface area contributed by atoms with Crippen molar-refractivity contribution < 1.29 is 19.7 Å². The molecule has 5 aromatic rings. The Labute approximate surface area is 178 Å². The summed E-state index contributed by atoms with van der Waals surface area (Å²) in [4.78, 5) is 4.49. The molecular weight excluding hydrogens is 390 g/mol. The molecule has 0 fully saturated rings. The lowest BCUT2D eigenvalue weighted by atomic mass is 10.1. The molecule has 0 aliphatic carbocycles. The van der Waals surface area contributed by atoms with Gasteiger partial charge in [0.25, 0.3) is 0 Å². The van der Waals surface area contributed by atoms with Gasteiger partial charge in [-0.25, -0.2) is 0 Å². The van der Waals surface area contributed by atoms with E-state index in [-0.39, 0.29) is 11.5 Å². The van der Waals surface area contributed by atoms with Gasteiger partial charge in [0.1, 0.15) is 23.0 Å². The maximum Gasteiger partial charge on any atom is 0.222 e. The number of benzene rings is 4. The number of hydrogen-bond donors (Lipinski definition) is 2. The third-order valence-corrected chi connectivity index (χ3v) is 4.96. The van der Waals surface area contributed by atoms with Crippen LogP contribution in [-0.2, 0) is 0 Å². The number of phenolic OH excluding ortho intramolecular Hbond substituents is 2. The molecule has 0 aliphatic heterocycles. The van der Waals surface area contributed by atoms with Crippen molar-refractivity contribution in [3.8, 4) is 34.8 Å². The third-order valence-electron chi connectivity index (χ3n) is 4.96. The Hall–Kier alpha value is -4.25. The molecule has 152 valence electrons. The standard InChI is InChI=1S/C26H19NO4/c1-16-10-25(30-23-8-4-17-12-21(28)6-2-19(17)14-23)27-26(11-16)31-24-9-5-18-13-22(29)7-3-20(18)15-24/h2-15,28-29H,1H3. The number of aromatic nitrogens is 1. The number of ether oxygens (including phenoxy) is 2. The van der Waals surface area contributed by atoms with E-state index in [0.717, 1.165) is 27.1 Å². The summed E-state index contributed by atoms with van der Waals surface area (Å²) >= 11 is 0. The average molecular weight is 409 g/mol. The summed E-state index contributed by atoms with van der Waals surface area (Å²) in [5.74, 6) is 2.61. The van der Waals surface area contributed by atoms with E-state index in [4.69, 9.17) is 9.47 Å². The number of phenols is 2. The van der Waals surface area contributed by atoms with Crippen LogP contribution in [0.25, 0.3) is 21.5 Å². The first-order chi connectivity index (χ1) is 15.0. The van der Waals surface area contributed by atoms with Crippen LogP contribution in [0.3, 0.4) is 0 Å². The third kappa shape index (κ3) is 4.07. The quantitative estimate of drug-likeness (QED) is 0.346. The second kappa shape index (κ2) is 7.54. The smallest absolute Gasteiger partial charge is 0.222 e. The molecule has 0 atom stereocenters. The Morgan fingerprint density at radius 3 is 1.45 bits per heavy atom. The van der Waals surface area contributed by atoms with E-state index < -0.39 is 0 Å². The van der Waals surface area contributed by atoms with E-state index >= 15 is 0 Å². The fraction of sp³-hybridized carbons (Fsp3) is 0.0385. The van der Waals surface area contributed by atoms with Gasteiger partial charge in [-0.3, -0.25) is 0 Å². The molecule has 0 saturated heterocycles. The molecule has 5 heteroatoms. The van der Waals surface area contributed by atoms with Gasteiger partial charge in [0, 0.05) is 12.1 Å². The summed E-state index contributed by atoms with van der Waals surface area (Å²) in [7, 11) is 0. The molecule has 0 spiro atoms. The van der Waals surface area contributed by atoms with E-state index in [2.05, 4.69) is 4.98 Å². The highest BCUT2D eigenvalue weighted by Crippen LogP contribution is 2.31. The molecule has 4 aromatic carbocycles. The van der Waals surface area contributed by atoms with Crippen molar-refractivity contribution in [3.63, 3.8) is 0 Å². The highest BCUT2D eigenvalue weighted by atomic mass is 16.5. The molecular formula is C26H19NO4. The minimum atomic E-state index is 0.230. The SMILES string of the molecule is Cc1cc(Oc2ccc3cc(O)ccc3c2)nc(Oc2ccc3cc(O)ccc3c2)c1. The van der Waals surface area contributed by atoms with Crippen molar-refractivity contribution in [2.45, 2.75) is 6.92 Å². The van der Waals surface area contributed by atoms with Crippen molar-refractivity contribution in [2.75, 3.05) is 0 Å². The minimum Gasteiger partial charge on any atom is -0.508 e. The van der Waals surface area contributed by atoms with E-state index in [1.54, 1.807) is 24.3 Å². The van der Waals surface area contributed by atoms with Gasteiger partial charge in [-0.2, -0.15) is 4.98 Å². The van der Waals surface area contributed by atoms with Gasteiger partial charge >= 0.3 is 0 Å². The van der Waals surface area contributed by atoms with Crippen LogP contribution in [0.4, 0.5) is 0 Å². The molecule has 0 aliphatic rings. The summed E-state index contributed by atoms with van der Waals surface area (Å²) in [6, 6.07) is 25.4. The van der Waals surface area contributed by atoms with Gasteiger partial charge in [0.15, 0.2) is 0 Å². The molecule has 0 unspecified atom stereocenters. The second-order valence-electron chi connectivity index (χ2n) is 7.41. The van der Waals surface area contributed by atoms with E-state index in [0.29, 0.717) is 23.3 Å². The summed E-state index contributed by atoms with van der Waals surface area (Å²) in [5.41, 5.74) is 0.955. The van der Waals surface area contributed by atoms with Crippen LogP contribution >= 0.6 is 0 Å². The van der Waals surface area contributed by atoms with Gasteiger partial charge in [-0.05, 0) is 82.6 Å². The molecule has 0 saturated carbocycles. The summed E-state index contributed by atoms with van der Waals surface area (Å²) in [6.07, 6.45) is 0. The normalized spacial score (nSPS) is 11.0.